The van der Waals surface area contributed by atoms with Crippen LogP contribution in [0.15, 0.2) is 54.6 Å². The van der Waals surface area contributed by atoms with E-state index in [1.165, 1.54) is 12.5 Å². The summed E-state index contributed by atoms with van der Waals surface area (Å²) in [4.78, 5) is 30.0. The molecule has 2 amide bonds. The third-order valence-corrected chi connectivity index (χ3v) is 6.69. The lowest BCUT2D eigenvalue weighted by Crippen LogP contribution is -2.53. The first-order valence-electron chi connectivity index (χ1n) is 13.1. The number of halogens is 1. The topological polar surface area (TPSA) is 93.0 Å². The van der Waals surface area contributed by atoms with E-state index in [1.807, 2.05) is 44.2 Å². The van der Waals surface area contributed by atoms with Crippen LogP contribution in [0.5, 0.6) is 0 Å². The molecule has 4 rings (SSSR count). The van der Waals surface area contributed by atoms with Gasteiger partial charge in [0.05, 0.1) is 5.56 Å². The molecule has 1 atom stereocenters. The van der Waals surface area contributed by atoms with Crippen molar-refractivity contribution in [3.63, 3.8) is 0 Å². The molecule has 1 heterocycles. The Morgan fingerprint density at radius 1 is 1.05 bits per heavy atom. The van der Waals surface area contributed by atoms with Gasteiger partial charge < -0.3 is 10.2 Å². The summed E-state index contributed by atoms with van der Waals surface area (Å²) in [6, 6.07) is 15.3. The van der Waals surface area contributed by atoms with Gasteiger partial charge in [0.15, 0.2) is 0 Å². The third kappa shape index (κ3) is 7.21. The van der Waals surface area contributed by atoms with Crippen LogP contribution >= 0.6 is 0 Å². The van der Waals surface area contributed by atoms with Crippen molar-refractivity contribution in [3.8, 4) is 11.4 Å². The summed E-state index contributed by atoms with van der Waals surface area (Å²) in [5.74, 6) is -0.579. The van der Waals surface area contributed by atoms with Gasteiger partial charge in [-0.3, -0.25) is 9.59 Å². The first kappa shape index (κ1) is 26.4. The van der Waals surface area contributed by atoms with Crippen LogP contribution in [0.2, 0.25) is 0 Å². The Kier molecular flexibility index (Phi) is 8.98. The summed E-state index contributed by atoms with van der Waals surface area (Å²) >= 11 is 0. The fourth-order valence-corrected chi connectivity index (χ4v) is 4.79. The molecule has 1 unspecified atom stereocenters. The van der Waals surface area contributed by atoms with Gasteiger partial charge in [-0.2, -0.15) is 4.80 Å². The average Bonchev–Trinajstić information content (AvgIpc) is 3.35. The molecule has 9 heteroatoms. The number of carbonyl (C=O) groups excluding carboxylic acids is 2. The van der Waals surface area contributed by atoms with Crippen molar-refractivity contribution in [2.24, 2.45) is 5.92 Å². The van der Waals surface area contributed by atoms with Crippen LogP contribution < -0.4 is 5.32 Å². The zero-order valence-electron chi connectivity index (χ0n) is 21.5. The summed E-state index contributed by atoms with van der Waals surface area (Å²) in [5, 5.41) is 15.4. The van der Waals surface area contributed by atoms with E-state index in [2.05, 4.69) is 20.7 Å². The van der Waals surface area contributed by atoms with Gasteiger partial charge in [-0.05, 0) is 48.1 Å². The molecule has 196 valence electrons. The third-order valence-electron chi connectivity index (χ3n) is 6.69. The standard InChI is InChI=1S/C28H35FN6O2/c1-20(2)17-25(28(37)30-22-13-7-4-8-14-22)34(18-21-11-5-3-6-12-21)26(36)19-35-32-27(31-33-35)23-15-9-10-16-24(23)29/h3,5-6,9-12,15-16,20,22,25H,4,7-8,13-14,17-19H2,1-2H3,(H,30,37). The monoisotopic (exact) mass is 506 g/mol. The molecule has 0 spiro atoms. The lowest BCUT2D eigenvalue weighted by Gasteiger charge is -2.34. The normalized spacial score (nSPS) is 14.9. The van der Waals surface area contributed by atoms with E-state index in [-0.39, 0.29) is 48.3 Å². The molecule has 1 N–H and O–H groups in total. The first-order chi connectivity index (χ1) is 17.9. The number of tetrazole rings is 1. The first-order valence-corrected chi connectivity index (χ1v) is 13.1. The SMILES string of the molecule is CC(C)CC(C(=O)NC1CCCCC1)N(Cc1ccccc1)C(=O)Cn1nnc(-c2ccccc2F)n1. The molecule has 1 aliphatic rings. The van der Waals surface area contributed by atoms with E-state index in [9.17, 15) is 14.0 Å². The maximum atomic E-state index is 14.2. The molecule has 0 saturated heterocycles. The van der Waals surface area contributed by atoms with Gasteiger partial charge in [-0.1, -0.05) is 75.6 Å². The van der Waals surface area contributed by atoms with Gasteiger partial charge in [0.2, 0.25) is 17.6 Å². The summed E-state index contributed by atoms with van der Waals surface area (Å²) in [6.45, 7) is 4.17. The quantitative estimate of drug-likeness (QED) is 0.441. The number of nitrogens with zero attached hydrogens (tertiary/aromatic N) is 5. The van der Waals surface area contributed by atoms with Crippen LogP contribution in [0.1, 0.15) is 57.9 Å². The van der Waals surface area contributed by atoms with Gasteiger partial charge in [0.1, 0.15) is 18.4 Å². The van der Waals surface area contributed by atoms with Crippen molar-refractivity contribution >= 4 is 11.8 Å². The Morgan fingerprint density at radius 2 is 1.76 bits per heavy atom. The molecule has 2 aromatic carbocycles. The second kappa shape index (κ2) is 12.6. The summed E-state index contributed by atoms with van der Waals surface area (Å²) in [6.07, 6.45) is 5.87. The molecular weight excluding hydrogens is 471 g/mol. The number of hydrogen-bond acceptors (Lipinski definition) is 5. The second-order valence-electron chi connectivity index (χ2n) is 10.1. The predicted molar refractivity (Wildman–Crippen MR) is 138 cm³/mol. The minimum atomic E-state index is -0.635. The molecule has 1 aliphatic carbocycles. The predicted octanol–water partition coefficient (Wildman–Crippen LogP) is 4.37. The van der Waals surface area contributed by atoms with Crippen LogP contribution in [0.3, 0.4) is 0 Å². The van der Waals surface area contributed by atoms with Crippen molar-refractivity contribution in [2.45, 2.75) is 77.5 Å². The number of aromatic nitrogens is 4. The molecular formula is C28H35FN6O2. The number of benzene rings is 2. The number of carbonyl (C=O) groups is 2. The molecule has 0 radical (unpaired) electrons. The number of nitrogens with one attached hydrogen (secondary N) is 1. The van der Waals surface area contributed by atoms with E-state index in [1.54, 1.807) is 23.1 Å². The van der Waals surface area contributed by atoms with Crippen molar-refractivity contribution in [3.05, 3.63) is 66.0 Å². The highest BCUT2D eigenvalue weighted by atomic mass is 19.1. The van der Waals surface area contributed by atoms with E-state index < -0.39 is 11.9 Å². The van der Waals surface area contributed by atoms with Crippen LogP contribution in [0.25, 0.3) is 11.4 Å². The zero-order chi connectivity index (χ0) is 26.2. The molecule has 1 fully saturated rings. The van der Waals surface area contributed by atoms with Crippen LogP contribution in [-0.2, 0) is 22.7 Å². The maximum absolute atomic E-state index is 14.2. The summed E-state index contributed by atoms with van der Waals surface area (Å²) < 4.78 is 14.2. The maximum Gasteiger partial charge on any atom is 0.247 e. The highest BCUT2D eigenvalue weighted by Crippen LogP contribution is 2.21. The summed E-state index contributed by atoms with van der Waals surface area (Å²) in [7, 11) is 0. The Hall–Kier alpha value is -3.62. The Labute approximate surface area is 217 Å². The van der Waals surface area contributed by atoms with Crippen LogP contribution in [0.4, 0.5) is 4.39 Å². The average molecular weight is 507 g/mol. The van der Waals surface area contributed by atoms with E-state index in [4.69, 9.17) is 0 Å². The number of amides is 2. The molecule has 0 bridgehead atoms. The van der Waals surface area contributed by atoms with Crippen molar-refractivity contribution in [2.75, 3.05) is 0 Å². The highest BCUT2D eigenvalue weighted by molar-refractivity contribution is 5.87. The van der Waals surface area contributed by atoms with Crippen molar-refractivity contribution in [1.29, 1.82) is 0 Å². The van der Waals surface area contributed by atoms with Crippen LogP contribution in [-0.4, -0.2) is 49.0 Å². The van der Waals surface area contributed by atoms with Gasteiger partial charge in [0, 0.05) is 12.6 Å². The largest absolute Gasteiger partial charge is 0.352 e. The second-order valence-corrected chi connectivity index (χ2v) is 10.1. The van der Waals surface area contributed by atoms with Crippen LogP contribution in [0, 0.1) is 11.7 Å². The van der Waals surface area contributed by atoms with Gasteiger partial charge in [-0.25, -0.2) is 4.39 Å². The minimum Gasteiger partial charge on any atom is -0.352 e. The molecule has 0 aliphatic heterocycles. The lowest BCUT2D eigenvalue weighted by molar-refractivity contribution is -0.143. The highest BCUT2D eigenvalue weighted by Gasteiger charge is 2.32. The molecule has 1 saturated carbocycles. The van der Waals surface area contributed by atoms with E-state index in [0.29, 0.717) is 6.42 Å². The number of rotatable bonds is 10. The lowest BCUT2D eigenvalue weighted by atomic mass is 9.94. The van der Waals surface area contributed by atoms with Gasteiger partial charge in [-0.15, -0.1) is 10.2 Å². The Morgan fingerprint density at radius 3 is 2.46 bits per heavy atom. The summed E-state index contributed by atoms with van der Waals surface area (Å²) in [5.41, 5.74) is 1.14. The van der Waals surface area contributed by atoms with Crippen molar-refractivity contribution < 1.29 is 14.0 Å². The molecule has 1 aromatic heterocycles. The molecule has 8 nitrogen and oxygen atoms in total. The fourth-order valence-electron chi connectivity index (χ4n) is 4.79. The van der Waals surface area contributed by atoms with Gasteiger partial charge in [0.25, 0.3) is 0 Å². The smallest absolute Gasteiger partial charge is 0.247 e. The Bertz CT molecular complexity index is 1180. The van der Waals surface area contributed by atoms with E-state index in [0.717, 1.165) is 36.0 Å². The van der Waals surface area contributed by atoms with Crippen molar-refractivity contribution in [1.82, 2.24) is 30.4 Å². The Balaban J connectivity index is 1.57. The zero-order valence-corrected chi connectivity index (χ0v) is 21.5. The fraction of sp³-hybridized carbons (Fsp3) is 0.464. The number of hydrogen-bond donors (Lipinski definition) is 1. The molecule has 37 heavy (non-hydrogen) atoms. The minimum absolute atomic E-state index is 0.106. The van der Waals surface area contributed by atoms with Gasteiger partial charge >= 0.3 is 0 Å². The molecule has 3 aromatic rings. The van der Waals surface area contributed by atoms with E-state index >= 15 is 0 Å².